The van der Waals surface area contributed by atoms with Gasteiger partial charge in [0.05, 0.1) is 34.5 Å². The van der Waals surface area contributed by atoms with Crippen molar-refractivity contribution in [1.82, 2.24) is 0 Å². The number of carbonyl (C=O) groups is 4. The largest absolute Gasteiger partial charge is 0.508 e. The number of allylic oxidation sites excluding steroid dienone is 2. The highest BCUT2D eigenvalue weighted by Crippen LogP contribution is 2.64. The van der Waals surface area contributed by atoms with Crippen LogP contribution in [0.5, 0.6) is 5.75 Å². The van der Waals surface area contributed by atoms with Crippen LogP contribution in [-0.4, -0.2) is 28.7 Å². The highest BCUT2D eigenvalue weighted by atomic mass is 35.5. The van der Waals surface area contributed by atoms with E-state index in [1.165, 1.54) is 9.80 Å². The number of hydrogen-bond donors (Lipinski definition) is 2. The van der Waals surface area contributed by atoms with Crippen molar-refractivity contribution in [3.8, 4) is 5.75 Å². The summed E-state index contributed by atoms with van der Waals surface area (Å²) in [6.45, 7) is 0. The van der Waals surface area contributed by atoms with Gasteiger partial charge in [0, 0.05) is 22.3 Å². The smallest absolute Gasteiger partial charge is 0.246 e. The highest BCUT2D eigenvalue weighted by Gasteiger charge is 2.70. The summed E-state index contributed by atoms with van der Waals surface area (Å²) in [6.07, 6.45) is 2.55. The van der Waals surface area contributed by atoms with Gasteiger partial charge in [0.2, 0.25) is 23.6 Å². The number of nitrogens with zero attached hydrogens (tertiary/aromatic N) is 2. The topological polar surface area (TPSA) is 107 Å². The number of phenols is 1. The van der Waals surface area contributed by atoms with Crippen LogP contribution >= 0.6 is 11.6 Å². The minimum absolute atomic E-state index is 0.0654. The van der Waals surface area contributed by atoms with Crippen molar-refractivity contribution >= 4 is 58.0 Å². The number of nitrogens with one attached hydrogen (secondary N) is 1. The summed E-state index contributed by atoms with van der Waals surface area (Å²) in [7, 11) is 0. The van der Waals surface area contributed by atoms with Crippen molar-refractivity contribution in [3.63, 3.8) is 0 Å². The van der Waals surface area contributed by atoms with E-state index in [0.29, 0.717) is 28.4 Å². The number of aromatic hydroxyl groups is 1. The van der Waals surface area contributed by atoms with Crippen molar-refractivity contribution < 1.29 is 24.3 Å². The molecule has 5 aromatic carbocycles. The molecule has 5 aromatic rings. The van der Waals surface area contributed by atoms with E-state index in [9.17, 15) is 19.5 Å². The molecule has 4 aliphatic rings. The number of fused-ring (bicyclic) bond motifs is 4. The molecule has 3 fully saturated rings. The summed E-state index contributed by atoms with van der Waals surface area (Å²) in [6, 6.07) is 39.8. The van der Waals surface area contributed by atoms with Gasteiger partial charge in [-0.1, -0.05) is 90.0 Å². The number of benzene rings is 5. The fourth-order valence-corrected chi connectivity index (χ4v) is 9.61. The summed E-state index contributed by atoms with van der Waals surface area (Å²) in [5, 5.41) is 14.1. The second-order valence-electron chi connectivity index (χ2n) is 14.2. The molecule has 9 heteroatoms. The first-order valence-corrected chi connectivity index (χ1v) is 18.1. The molecule has 2 aliphatic carbocycles. The third-order valence-electron chi connectivity index (χ3n) is 11.6. The third-order valence-corrected chi connectivity index (χ3v) is 11.8. The van der Waals surface area contributed by atoms with Crippen LogP contribution in [-0.2, 0) is 24.6 Å². The number of amides is 4. The lowest BCUT2D eigenvalue weighted by Crippen LogP contribution is -2.53. The summed E-state index contributed by atoms with van der Waals surface area (Å²) < 4.78 is 0. The Labute approximate surface area is 311 Å². The molecule has 1 saturated carbocycles. The molecule has 0 radical (unpaired) electrons. The van der Waals surface area contributed by atoms with E-state index in [1.54, 1.807) is 60.7 Å². The van der Waals surface area contributed by atoms with E-state index in [1.807, 2.05) is 78.9 Å². The Bertz CT molecular complexity index is 2310. The van der Waals surface area contributed by atoms with Crippen molar-refractivity contribution in [1.29, 1.82) is 0 Å². The summed E-state index contributed by atoms with van der Waals surface area (Å²) in [5.74, 6) is -4.62. The predicted molar refractivity (Wildman–Crippen MR) is 203 cm³/mol. The predicted octanol–water partition coefficient (Wildman–Crippen LogP) is 8.16. The molecule has 8 nitrogen and oxygen atoms in total. The first kappa shape index (κ1) is 32.9. The number of hydrogen-bond acceptors (Lipinski definition) is 6. The Morgan fingerprint density at radius 1 is 0.660 bits per heavy atom. The van der Waals surface area contributed by atoms with E-state index >= 15 is 4.79 Å². The maximum Gasteiger partial charge on any atom is 0.246 e. The first-order valence-electron chi connectivity index (χ1n) is 17.8. The van der Waals surface area contributed by atoms with Crippen LogP contribution in [0.4, 0.5) is 22.7 Å². The molecule has 2 heterocycles. The minimum atomic E-state index is -1.38. The molecule has 262 valence electrons. The van der Waals surface area contributed by atoms with Gasteiger partial charge in [-0.05, 0) is 96.6 Å². The van der Waals surface area contributed by atoms with E-state index in [2.05, 4.69) is 5.32 Å². The standard InChI is InChI=1S/C44H34ClN3O5/c45-28-10-7-13-32(24-28)48-41(51)37-25-36-34(39(26-14-20-33(49)21-15-26)44(37,43(48)53)27-8-3-1-4-9-27)22-23-35-38(36)42(52)47(40(35)50)31-18-16-30(17-19-31)46-29-11-5-2-6-12-29/h1-22,24,35-39,46,49H,23,25H2/t35-,36+,37-,38-,39-,44+/m0/s1. The SMILES string of the molecule is O=C1[C@H]2[C@H](CC=C3[C@H]2C[C@H]2C(=O)N(c4cccc(Cl)c4)C(=O)[C@@]2(c2ccccc2)[C@H]3c2ccc(O)cc2)C(=O)N1c1ccc(Nc2ccccc2)cc1. The maximum absolute atomic E-state index is 15.3. The Hall–Kier alpha value is -5.99. The Morgan fingerprint density at radius 2 is 1.34 bits per heavy atom. The second kappa shape index (κ2) is 12.6. The molecule has 0 aromatic heterocycles. The van der Waals surface area contributed by atoms with Crippen molar-refractivity contribution in [3.05, 3.63) is 161 Å². The lowest BCUT2D eigenvalue weighted by Gasteiger charge is -2.50. The van der Waals surface area contributed by atoms with E-state index < -0.39 is 35.0 Å². The van der Waals surface area contributed by atoms with Gasteiger partial charge in [-0.15, -0.1) is 0 Å². The maximum atomic E-state index is 15.3. The molecule has 6 atom stereocenters. The summed E-state index contributed by atoms with van der Waals surface area (Å²) >= 11 is 6.40. The van der Waals surface area contributed by atoms with E-state index in [4.69, 9.17) is 11.6 Å². The molecular weight excluding hydrogens is 686 g/mol. The van der Waals surface area contributed by atoms with E-state index in [0.717, 1.165) is 22.5 Å². The Morgan fingerprint density at radius 3 is 2.04 bits per heavy atom. The number of imide groups is 2. The molecule has 9 rings (SSSR count). The quantitative estimate of drug-likeness (QED) is 0.136. The first-order chi connectivity index (χ1) is 25.8. The van der Waals surface area contributed by atoms with Crippen LogP contribution in [0.15, 0.2) is 145 Å². The van der Waals surface area contributed by atoms with Gasteiger partial charge < -0.3 is 10.4 Å². The average molecular weight is 720 g/mol. The van der Waals surface area contributed by atoms with Crippen molar-refractivity contribution in [2.75, 3.05) is 15.1 Å². The van der Waals surface area contributed by atoms with Gasteiger partial charge in [0.25, 0.3) is 0 Å². The Kier molecular flexibility index (Phi) is 7.82. The fraction of sp³-hybridized carbons (Fsp3) is 0.182. The highest BCUT2D eigenvalue weighted by molar-refractivity contribution is 6.32. The lowest BCUT2D eigenvalue weighted by atomic mass is 9.49. The molecule has 2 aliphatic heterocycles. The van der Waals surface area contributed by atoms with Crippen LogP contribution in [0.25, 0.3) is 0 Å². The zero-order valence-electron chi connectivity index (χ0n) is 28.4. The number of carbonyl (C=O) groups excluding carboxylic acids is 4. The number of anilines is 4. The molecule has 53 heavy (non-hydrogen) atoms. The number of rotatable bonds is 6. The number of phenolic OH excluding ortho intramolecular Hbond substituents is 1. The van der Waals surface area contributed by atoms with Gasteiger partial charge in [0.1, 0.15) is 5.75 Å². The molecule has 0 spiro atoms. The number of halogens is 1. The van der Waals surface area contributed by atoms with Crippen LogP contribution in [0, 0.1) is 23.7 Å². The zero-order chi connectivity index (χ0) is 36.4. The van der Waals surface area contributed by atoms with Crippen molar-refractivity contribution in [2.45, 2.75) is 24.2 Å². The molecule has 4 amide bonds. The summed E-state index contributed by atoms with van der Waals surface area (Å²) in [4.78, 5) is 61.5. The lowest BCUT2D eigenvalue weighted by molar-refractivity contribution is -0.127. The van der Waals surface area contributed by atoms with Crippen LogP contribution in [0.2, 0.25) is 5.02 Å². The van der Waals surface area contributed by atoms with Gasteiger partial charge in [0.15, 0.2) is 0 Å². The molecular formula is C44H34ClN3O5. The van der Waals surface area contributed by atoms with Crippen molar-refractivity contribution in [2.24, 2.45) is 23.7 Å². The molecule has 2 N–H and O–H groups in total. The van der Waals surface area contributed by atoms with Gasteiger partial charge in [-0.25, -0.2) is 4.90 Å². The molecule has 2 saturated heterocycles. The van der Waals surface area contributed by atoms with Crippen LogP contribution in [0.3, 0.4) is 0 Å². The fourth-order valence-electron chi connectivity index (χ4n) is 9.42. The van der Waals surface area contributed by atoms with Gasteiger partial charge >= 0.3 is 0 Å². The Balaban J connectivity index is 1.16. The molecule has 0 bridgehead atoms. The number of para-hydroxylation sites is 1. The van der Waals surface area contributed by atoms with Crippen LogP contribution < -0.4 is 15.1 Å². The van der Waals surface area contributed by atoms with E-state index in [-0.39, 0.29) is 35.8 Å². The monoisotopic (exact) mass is 719 g/mol. The van der Waals surface area contributed by atoms with Crippen LogP contribution in [0.1, 0.15) is 29.9 Å². The van der Waals surface area contributed by atoms with Gasteiger partial charge in [-0.2, -0.15) is 0 Å². The normalized spacial score (nSPS) is 26.2. The van der Waals surface area contributed by atoms with Gasteiger partial charge in [-0.3, -0.25) is 24.1 Å². The second-order valence-corrected chi connectivity index (χ2v) is 14.7. The molecule has 0 unspecified atom stereocenters. The minimum Gasteiger partial charge on any atom is -0.508 e. The average Bonchev–Trinajstić information content (AvgIpc) is 3.57. The summed E-state index contributed by atoms with van der Waals surface area (Å²) in [5.41, 5.74) is 3.49. The zero-order valence-corrected chi connectivity index (χ0v) is 29.2. The third kappa shape index (κ3) is 5.04.